The summed E-state index contributed by atoms with van der Waals surface area (Å²) in [6.07, 6.45) is 4.09. The molecule has 1 aromatic carbocycles. The molecule has 1 amide bonds. The Bertz CT molecular complexity index is 1090. The molecule has 0 atom stereocenters. The number of carbonyl (C=O) groups excluding carboxylic acids is 1. The lowest BCUT2D eigenvalue weighted by atomic mass is 9.97. The molecular weight excluding hydrogens is 292 g/mol. The Labute approximate surface area is 130 Å². The van der Waals surface area contributed by atoms with Crippen molar-refractivity contribution in [3.8, 4) is 17.2 Å². The van der Waals surface area contributed by atoms with E-state index >= 15 is 0 Å². The number of carbonyl (C=O) groups is 1. The van der Waals surface area contributed by atoms with Gasteiger partial charge in [0.05, 0.1) is 28.9 Å². The van der Waals surface area contributed by atoms with Gasteiger partial charge in [0.25, 0.3) is 0 Å². The molecule has 0 spiro atoms. The van der Waals surface area contributed by atoms with Gasteiger partial charge in [0.1, 0.15) is 0 Å². The molecule has 0 saturated carbocycles. The van der Waals surface area contributed by atoms with E-state index in [1.165, 1.54) is 0 Å². The topological polar surface area (TPSA) is 98.9 Å². The molecule has 0 unspecified atom stereocenters. The average molecular weight is 302 g/mol. The molecule has 0 aliphatic rings. The first kappa shape index (κ1) is 13.0. The molecule has 3 aromatic heterocycles. The van der Waals surface area contributed by atoms with Crippen molar-refractivity contribution in [2.24, 2.45) is 0 Å². The van der Waals surface area contributed by atoms with E-state index in [1.54, 1.807) is 29.0 Å². The summed E-state index contributed by atoms with van der Waals surface area (Å²) in [5.74, 6) is 0.471. The van der Waals surface area contributed by atoms with E-state index in [-0.39, 0.29) is 0 Å². The van der Waals surface area contributed by atoms with Crippen molar-refractivity contribution in [1.82, 2.24) is 19.8 Å². The van der Waals surface area contributed by atoms with E-state index in [1.807, 2.05) is 18.2 Å². The molecule has 0 saturated heterocycles. The minimum Gasteiger partial charge on any atom is -0.312 e. The third kappa shape index (κ3) is 2.01. The van der Waals surface area contributed by atoms with E-state index < -0.39 is 0 Å². The highest BCUT2D eigenvalue weighted by Crippen LogP contribution is 2.32. The monoisotopic (exact) mass is 302 g/mol. The van der Waals surface area contributed by atoms with Crippen LogP contribution < -0.4 is 5.32 Å². The molecule has 4 rings (SSSR count). The maximum Gasteiger partial charge on any atom is 0.212 e. The molecule has 2 N–H and O–H groups in total. The zero-order valence-electron chi connectivity index (χ0n) is 11.8. The number of pyridine rings is 1. The summed E-state index contributed by atoms with van der Waals surface area (Å²) in [7, 11) is 0. The van der Waals surface area contributed by atoms with E-state index in [0.717, 1.165) is 27.5 Å². The zero-order valence-corrected chi connectivity index (χ0v) is 11.8. The van der Waals surface area contributed by atoms with Gasteiger partial charge in [0, 0.05) is 23.2 Å². The predicted molar refractivity (Wildman–Crippen MR) is 84.7 cm³/mol. The average Bonchev–Trinajstić information content (AvgIpc) is 3.19. The summed E-state index contributed by atoms with van der Waals surface area (Å²) in [6, 6.07) is 11.4. The van der Waals surface area contributed by atoms with Gasteiger partial charge in [-0.25, -0.2) is 4.52 Å². The number of rotatable bonds is 3. The van der Waals surface area contributed by atoms with Crippen LogP contribution in [-0.2, 0) is 4.79 Å². The molecule has 0 aliphatic carbocycles. The Morgan fingerprint density at radius 1 is 1.30 bits per heavy atom. The number of aromatic amines is 1. The van der Waals surface area contributed by atoms with E-state index in [4.69, 9.17) is 0 Å². The van der Waals surface area contributed by atoms with Gasteiger partial charge in [0.2, 0.25) is 6.41 Å². The maximum absolute atomic E-state index is 10.5. The molecule has 0 bridgehead atoms. The standard InChI is InChI=1S/C16H10N6O/c17-7-11-1-2-14-13(8-19-20-14)16(11)10-3-4-22-12(5-10)6-15(21-22)18-9-23/h1-6,8-9H,(H,19,20)(H,18,21,23). The number of hydrogen-bond acceptors (Lipinski definition) is 4. The Kier molecular flexibility index (Phi) is 2.81. The predicted octanol–water partition coefficient (Wildman–Crippen LogP) is 2.32. The van der Waals surface area contributed by atoms with Crippen LogP contribution >= 0.6 is 0 Å². The van der Waals surface area contributed by atoms with E-state index in [2.05, 4.69) is 26.7 Å². The lowest BCUT2D eigenvalue weighted by Crippen LogP contribution is -1.94. The molecule has 110 valence electrons. The first-order valence-electron chi connectivity index (χ1n) is 6.86. The summed E-state index contributed by atoms with van der Waals surface area (Å²) in [4.78, 5) is 10.5. The minimum absolute atomic E-state index is 0.471. The second-order valence-corrected chi connectivity index (χ2v) is 5.01. The first-order chi connectivity index (χ1) is 11.3. The summed E-state index contributed by atoms with van der Waals surface area (Å²) < 4.78 is 1.66. The van der Waals surface area contributed by atoms with Gasteiger partial charge >= 0.3 is 0 Å². The Morgan fingerprint density at radius 3 is 3.04 bits per heavy atom. The number of H-pyrrole nitrogens is 1. The highest BCUT2D eigenvalue weighted by Gasteiger charge is 2.12. The summed E-state index contributed by atoms with van der Waals surface area (Å²) in [5, 5.41) is 24.0. The molecule has 0 aliphatic heterocycles. The molecule has 23 heavy (non-hydrogen) atoms. The zero-order chi connectivity index (χ0) is 15.8. The number of benzene rings is 1. The van der Waals surface area contributed by atoms with Crippen molar-refractivity contribution in [2.75, 3.05) is 5.32 Å². The van der Waals surface area contributed by atoms with Crippen LogP contribution in [0.2, 0.25) is 0 Å². The van der Waals surface area contributed by atoms with Crippen molar-refractivity contribution < 1.29 is 4.79 Å². The highest BCUT2D eigenvalue weighted by molar-refractivity contribution is 5.98. The van der Waals surface area contributed by atoms with Gasteiger partial charge in [-0.15, -0.1) is 0 Å². The van der Waals surface area contributed by atoms with Crippen molar-refractivity contribution in [1.29, 1.82) is 5.26 Å². The SMILES string of the molecule is N#Cc1ccc2[nH]ncc2c1-c1ccn2nc(NC=O)cc2c1. The number of aromatic nitrogens is 4. The van der Waals surface area contributed by atoms with Gasteiger partial charge < -0.3 is 5.32 Å². The number of nitriles is 1. The van der Waals surface area contributed by atoms with Gasteiger partial charge in [-0.05, 0) is 29.8 Å². The largest absolute Gasteiger partial charge is 0.312 e. The normalized spacial score (nSPS) is 10.7. The van der Waals surface area contributed by atoms with Crippen LogP contribution in [0.15, 0.2) is 42.7 Å². The van der Waals surface area contributed by atoms with Crippen LogP contribution in [0.5, 0.6) is 0 Å². The van der Waals surface area contributed by atoms with Crippen molar-refractivity contribution >= 4 is 28.6 Å². The fourth-order valence-electron chi connectivity index (χ4n) is 2.70. The van der Waals surface area contributed by atoms with Crippen LogP contribution in [-0.4, -0.2) is 26.2 Å². The van der Waals surface area contributed by atoms with Crippen molar-refractivity contribution in [2.45, 2.75) is 0 Å². The van der Waals surface area contributed by atoms with Crippen molar-refractivity contribution in [3.63, 3.8) is 0 Å². The smallest absolute Gasteiger partial charge is 0.212 e. The summed E-state index contributed by atoms with van der Waals surface area (Å²) in [5.41, 5.74) is 3.98. The Morgan fingerprint density at radius 2 is 2.22 bits per heavy atom. The van der Waals surface area contributed by atoms with E-state index in [0.29, 0.717) is 17.8 Å². The quantitative estimate of drug-likeness (QED) is 0.567. The van der Waals surface area contributed by atoms with Gasteiger partial charge in [0.15, 0.2) is 5.82 Å². The highest BCUT2D eigenvalue weighted by atomic mass is 16.1. The Hall–Kier alpha value is -3.66. The molecule has 0 fully saturated rings. The lowest BCUT2D eigenvalue weighted by molar-refractivity contribution is -0.105. The van der Waals surface area contributed by atoms with Gasteiger partial charge in [-0.2, -0.15) is 15.5 Å². The summed E-state index contributed by atoms with van der Waals surface area (Å²) >= 11 is 0. The van der Waals surface area contributed by atoms with E-state index in [9.17, 15) is 10.1 Å². The third-order valence-corrected chi connectivity index (χ3v) is 3.70. The van der Waals surface area contributed by atoms with Crippen LogP contribution in [0.4, 0.5) is 5.82 Å². The minimum atomic E-state index is 0.471. The second kappa shape index (κ2) is 4.96. The number of fused-ring (bicyclic) bond motifs is 2. The molecular formula is C16H10N6O. The van der Waals surface area contributed by atoms with Gasteiger partial charge in [-0.1, -0.05) is 0 Å². The number of nitrogens with zero attached hydrogens (tertiary/aromatic N) is 4. The second-order valence-electron chi connectivity index (χ2n) is 5.01. The molecule has 3 heterocycles. The van der Waals surface area contributed by atoms with Crippen LogP contribution in [0.1, 0.15) is 5.56 Å². The molecule has 0 radical (unpaired) electrons. The molecule has 4 aromatic rings. The third-order valence-electron chi connectivity index (χ3n) is 3.70. The Balaban J connectivity index is 1.97. The number of hydrogen-bond donors (Lipinski definition) is 2. The van der Waals surface area contributed by atoms with Crippen LogP contribution in [0, 0.1) is 11.3 Å². The number of nitrogens with one attached hydrogen (secondary N) is 2. The molecule has 7 nitrogen and oxygen atoms in total. The lowest BCUT2D eigenvalue weighted by Gasteiger charge is -2.06. The maximum atomic E-state index is 10.5. The van der Waals surface area contributed by atoms with Crippen LogP contribution in [0.3, 0.4) is 0 Å². The fraction of sp³-hybridized carbons (Fsp3) is 0. The van der Waals surface area contributed by atoms with Crippen molar-refractivity contribution in [3.05, 3.63) is 48.3 Å². The number of amides is 1. The summed E-state index contributed by atoms with van der Waals surface area (Å²) in [6.45, 7) is 0. The van der Waals surface area contributed by atoms with Gasteiger partial charge in [-0.3, -0.25) is 9.89 Å². The fourth-order valence-corrected chi connectivity index (χ4v) is 2.70. The number of anilines is 1. The van der Waals surface area contributed by atoms with Crippen LogP contribution in [0.25, 0.3) is 27.5 Å². The molecule has 7 heteroatoms. The first-order valence-corrected chi connectivity index (χ1v) is 6.86.